The number of aryl methyl sites for hydroxylation is 1. The molecule has 4 rings (SSSR count). The number of nitrogens with zero attached hydrogens (tertiary/aromatic N) is 1. The van der Waals surface area contributed by atoms with Gasteiger partial charge in [0, 0.05) is 11.1 Å². The fourth-order valence-corrected chi connectivity index (χ4v) is 3.57. The Kier molecular flexibility index (Phi) is 7.53. The molecule has 6 heteroatoms. The van der Waals surface area contributed by atoms with E-state index in [1.165, 1.54) is 6.21 Å². The molecule has 0 fully saturated rings. The topological polar surface area (TPSA) is 77.0 Å². The van der Waals surface area contributed by atoms with Crippen molar-refractivity contribution in [2.45, 2.75) is 20.3 Å². The van der Waals surface area contributed by atoms with Gasteiger partial charge in [-0.15, -0.1) is 0 Å². The van der Waals surface area contributed by atoms with Crippen molar-refractivity contribution in [1.82, 2.24) is 5.43 Å². The van der Waals surface area contributed by atoms with E-state index in [-0.39, 0.29) is 5.91 Å². The molecule has 0 heterocycles. The van der Waals surface area contributed by atoms with E-state index in [0.717, 1.165) is 22.8 Å². The maximum atomic E-state index is 12.8. The number of hydrogen-bond donors (Lipinski definition) is 1. The van der Waals surface area contributed by atoms with E-state index in [1.807, 2.05) is 56.3 Å². The molecule has 0 saturated carbocycles. The van der Waals surface area contributed by atoms with Crippen molar-refractivity contribution in [1.29, 1.82) is 0 Å². The fraction of sp³-hybridized carbons (Fsp3) is 0.138. The van der Waals surface area contributed by atoms with Gasteiger partial charge < -0.3 is 9.47 Å². The van der Waals surface area contributed by atoms with Crippen LogP contribution in [0.1, 0.15) is 45.2 Å². The molecule has 0 atom stereocenters. The Labute approximate surface area is 204 Å². The number of fused-ring (bicyclic) bond motifs is 1. The number of carbonyl (C=O) groups is 2. The molecule has 0 aromatic heterocycles. The van der Waals surface area contributed by atoms with Gasteiger partial charge in [0.25, 0.3) is 5.91 Å². The van der Waals surface area contributed by atoms with Gasteiger partial charge in [-0.2, -0.15) is 5.10 Å². The SMILES string of the molecule is CCCOc1ccc(C(=O)NN=Cc2c(OC(=O)c3cccc(C)c3)ccc3ccccc23)cc1. The smallest absolute Gasteiger partial charge is 0.343 e. The normalized spacial score (nSPS) is 10.9. The minimum Gasteiger partial charge on any atom is -0.494 e. The second kappa shape index (κ2) is 11.1. The molecule has 0 spiro atoms. The van der Waals surface area contributed by atoms with Crippen LogP contribution in [0, 0.1) is 6.92 Å². The van der Waals surface area contributed by atoms with Crippen molar-refractivity contribution in [3.05, 3.63) is 107 Å². The maximum Gasteiger partial charge on any atom is 0.343 e. The van der Waals surface area contributed by atoms with Gasteiger partial charge in [0.1, 0.15) is 11.5 Å². The molecule has 0 bridgehead atoms. The molecular weight excluding hydrogens is 440 g/mol. The first-order valence-electron chi connectivity index (χ1n) is 11.4. The lowest BCUT2D eigenvalue weighted by Gasteiger charge is -2.11. The van der Waals surface area contributed by atoms with E-state index in [4.69, 9.17) is 9.47 Å². The Morgan fingerprint density at radius 3 is 2.49 bits per heavy atom. The lowest BCUT2D eigenvalue weighted by Crippen LogP contribution is -2.17. The second-order valence-corrected chi connectivity index (χ2v) is 8.03. The molecule has 0 aliphatic rings. The Hall–Kier alpha value is -4.45. The second-order valence-electron chi connectivity index (χ2n) is 8.03. The van der Waals surface area contributed by atoms with Crippen molar-refractivity contribution in [2.24, 2.45) is 5.10 Å². The van der Waals surface area contributed by atoms with E-state index in [1.54, 1.807) is 42.5 Å². The molecule has 0 radical (unpaired) electrons. The van der Waals surface area contributed by atoms with Crippen LogP contribution in [-0.2, 0) is 0 Å². The number of rotatable bonds is 8. The fourth-order valence-electron chi connectivity index (χ4n) is 3.57. The zero-order valence-corrected chi connectivity index (χ0v) is 19.7. The van der Waals surface area contributed by atoms with Crippen molar-refractivity contribution < 1.29 is 19.1 Å². The zero-order chi connectivity index (χ0) is 24.6. The highest BCUT2D eigenvalue weighted by Gasteiger charge is 2.14. The standard InChI is InChI=1S/C29H26N2O4/c1-3-17-34-24-14-11-22(12-15-24)28(32)31-30-19-26-25-10-5-4-8-21(25)13-16-27(26)35-29(33)23-9-6-7-20(2)18-23/h4-16,18-19H,3,17H2,1-2H3,(H,31,32). The molecule has 176 valence electrons. The van der Waals surface area contributed by atoms with Crippen LogP contribution >= 0.6 is 0 Å². The molecule has 1 N–H and O–H groups in total. The molecule has 4 aromatic carbocycles. The van der Waals surface area contributed by atoms with Crippen LogP contribution in [0.4, 0.5) is 0 Å². The Morgan fingerprint density at radius 1 is 0.914 bits per heavy atom. The van der Waals surface area contributed by atoms with Gasteiger partial charge in [-0.1, -0.05) is 55.0 Å². The van der Waals surface area contributed by atoms with Gasteiger partial charge in [-0.3, -0.25) is 4.79 Å². The molecule has 0 aliphatic carbocycles. The largest absolute Gasteiger partial charge is 0.494 e. The van der Waals surface area contributed by atoms with E-state index in [0.29, 0.717) is 34.8 Å². The summed E-state index contributed by atoms with van der Waals surface area (Å²) in [5.74, 6) is 0.239. The lowest BCUT2D eigenvalue weighted by molar-refractivity contribution is 0.0734. The number of benzene rings is 4. The Morgan fingerprint density at radius 2 is 1.71 bits per heavy atom. The van der Waals surface area contributed by atoms with Crippen LogP contribution in [0.25, 0.3) is 10.8 Å². The molecule has 1 amide bonds. The first kappa shape index (κ1) is 23.7. The zero-order valence-electron chi connectivity index (χ0n) is 19.7. The Bertz CT molecular complexity index is 1380. The monoisotopic (exact) mass is 466 g/mol. The number of esters is 1. The first-order chi connectivity index (χ1) is 17.0. The van der Waals surface area contributed by atoms with Crippen LogP contribution in [0.15, 0.2) is 90.0 Å². The summed E-state index contributed by atoms with van der Waals surface area (Å²) >= 11 is 0. The average molecular weight is 467 g/mol. The number of ether oxygens (including phenoxy) is 2. The third kappa shape index (κ3) is 5.92. The van der Waals surface area contributed by atoms with Crippen molar-refractivity contribution in [3.8, 4) is 11.5 Å². The number of hydrazone groups is 1. The van der Waals surface area contributed by atoms with Crippen LogP contribution in [0.2, 0.25) is 0 Å². The van der Waals surface area contributed by atoms with Gasteiger partial charge in [0.2, 0.25) is 0 Å². The van der Waals surface area contributed by atoms with Gasteiger partial charge in [0.05, 0.1) is 18.4 Å². The summed E-state index contributed by atoms with van der Waals surface area (Å²) in [6.07, 6.45) is 2.41. The summed E-state index contributed by atoms with van der Waals surface area (Å²) in [7, 11) is 0. The number of hydrogen-bond acceptors (Lipinski definition) is 5. The first-order valence-corrected chi connectivity index (χ1v) is 11.4. The highest BCUT2D eigenvalue weighted by molar-refractivity contribution is 6.04. The highest BCUT2D eigenvalue weighted by atomic mass is 16.5. The summed E-state index contributed by atoms with van der Waals surface area (Å²) in [5.41, 5.74) is 5.01. The van der Waals surface area contributed by atoms with Crippen molar-refractivity contribution in [3.63, 3.8) is 0 Å². The third-order valence-electron chi connectivity index (χ3n) is 5.34. The number of nitrogens with one attached hydrogen (secondary N) is 1. The molecular formula is C29H26N2O4. The van der Waals surface area contributed by atoms with E-state index < -0.39 is 5.97 Å². The highest BCUT2D eigenvalue weighted by Crippen LogP contribution is 2.27. The van der Waals surface area contributed by atoms with Gasteiger partial charge >= 0.3 is 5.97 Å². The van der Waals surface area contributed by atoms with E-state index in [9.17, 15) is 9.59 Å². The molecule has 35 heavy (non-hydrogen) atoms. The van der Waals surface area contributed by atoms with Crippen LogP contribution in [0.3, 0.4) is 0 Å². The quantitative estimate of drug-likeness (QED) is 0.151. The predicted molar refractivity (Wildman–Crippen MR) is 137 cm³/mol. The maximum absolute atomic E-state index is 12.8. The lowest BCUT2D eigenvalue weighted by atomic mass is 10.0. The number of carbonyl (C=O) groups excluding carboxylic acids is 2. The minimum absolute atomic E-state index is 0.352. The van der Waals surface area contributed by atoms with Crippen LogP contribution < -0.4 is 14.9 Å². The molecule has 6 nitrogen and oxygen atoms in total. The summed E-state index contributed by atoms with van der Waals surface area (Å²) in [4.78, 5) is 25.3. The summed E-state index contributed by atoms with van der Waals surface area (Å²) in [6.45, 7) is 4.57. The van der Waals surface area contributed by atoms with Crippen LogP contribution in [-0.4, -0.2) is 24.7 Å². The number of amides is 1. The van der Waals surface area contributed by atoms with Gasteiger partial charge in [-0.05, 0) is 66.6 Å². The predicted octanol–water partition coefficient (Wildman–Crippen LogP) is 5.92. The Balaban J connectivity index is 1.55. The van der Waals surface area contributed by atoms with E-state index in [2.05, 4.69) is 10.5 Å². The van der Waals surface area contributed by atoms with Gasteiger partial charge in [0.15, 0.2) is 0 Å². The van der Waals surface area contributed by atoms with Crippen molar-refractivity contribution in [2.75, 3.05) is 6.61 Å². The van der Waals surface area contributed by atoms with Crippen molar-refractivity contribution >= 4 is 28.9 Å². The summed E-state index contributed by atoms with van der Waals surface area (Å²) < 4.78 is 11.3. The van der Waals surface area contributed by atoms with Gasteiger partial charge in [-0.25, -0.2) is 10.2 Å². The molecule has 0 aliphatic heterocycles. The summed E-state index contributed by atoms with van der Waals surface area (Å²) in [5, 5.41) is 5.95. The average Bonchev–Trinajstić information content (AvgIpc) is 2.88. The minimum atomic E-state index is -0.465. The van der Waals surface area contributed by atoms with E-state index >= 15 is 0 Å². The molecule has 4 aromatic rings. The third-order valence-corrected chi connectivity index (χ3v) is 5.34. The van der Waals surface area contributed by atoms with Crippen LogP contribution in [0.5, 0.6) is 11.5 Å². The molecule has 0 saturated heterocycles. The molecule has 0 unspecified atom stereocenters. The summed E-state index contributed by atoms with van der Waals surface area (Å²) in [6, 6.07) is 25.4.